The van der Waals surface area contributed by atoms with E-state index in [1.54, 1.807) is 12.3 Å². The Bertz CT molecular complexity index is 1150. The van der Waals surface area contributed by atoms with Gasteiger partial charge in [0.1, 0.15) is 12.4 Å². The number of pyridine rings is 1. The van der Waals surface area contributed by atoms with Crippen LogP contribution in [0.15, 0.2) is 85.1 Å². The maximum Gasteiger partial charge on any atom is 0.251 e. The Morgan fingerprint density at radius 3 is 2.62 bits per heavy atom. The van der Waals surface area contributed by atoms with Crippen LogP contribution < -0.4 is 10.1 Å². The molecule has 4 aromatic rings. The minimum Gasteiger partial charge on any atom is -0.487 e. The van der Waals surface area contributed by atoms with E-state index in [0.717, 1.165) is 22.0 Å². The summed E-state index contributed by atoms with van der Waals surface area (Å²) in [5.74, 6) is 0.476. The maximum absolute atomic E-state index is 12.5. The number of rotatable bonds is 6. The van der Waals surface area contributed by atoms with Crippen molar-refractivity contribution in [2.45, 2.75) is 13.2 Å². The fraction of sp³-hybridized carbons (Fsp3) is 0.0833. The summed E-state index contributed by atoms with van der Waals surface area (Å²) in [5.41, 5.74) is 3.43. The first-order valence-corrected chi connectivity index (χ1v) is 9.65. The summed E-state index contributed by atoms with van der Waals surface area (Å²) >= 11 is 6.35. The lowest BCUT2D eigenvalue weighted by Crippen LogP contribution is -2.22. The van der Waals surface area contributed by atoms with Crippen molar-refractivity contribution in [1.29, 1.82) is 0 Å². The fourth-order valence-electron chi connectivity index (χ4n) is 3.01. The highest BCUT2D eigenvalue weighted by atomic mass is 35.5. The van der Waals surface area contributed by atoms with Crippen molar-refractivity contribution < 1.29 is 9.53 Å². The Balaban J connectivity index is 1.37. The van der Waals surface area contributed by atoms with E-state index in [1.165, 1.54) is 0 Å². The molecule has 4 nitrogen and oxygen atoms in total. The van der Waals surface area contributed by atoms with Gasteiger partial charge < -0.3 is 10.1 Å². The highest BCUT2D eigenvalue weighted by Crippen LogP contribution is 2.26. The number of ether oxygens (including phenoxy) is 1. The average Bonchev–Trinajstić information content (AvgIpc) is 2.77. The van der Waals surface area contributed by atoms with Gasteiger partial charge in [0, 0.05) is 23.7 Å². The Labute approximate surface area is 174 Å². The van der Waals surface area contributed by atoms with Gasteiger partial charge in [0.05, 0.1) is 10.5 Å². The zero-order valence-electron chi connectivity index (χ0n) is 15.6. The van der Waals surface area contributed by atoms with Gasteiger partial charge >= 0.3 is 0 Å². The number of carbonyl (C=O) groups is 1. The fourth-order valence-corrected chi connectivity index (χ4v) is 3.27. The number of fused-ring (bicyclic) bond motifs is 1. The van der Waals surface area contributed by atoms with Crippen molar-refractivity contribution in [1.82, 2.24) is 10.3 Å². The second-order valence-corrected chi connectivity index (χ2v) is 7.04. The summed E-state index contributed by atoms with van der Waals surface area (Å²) in [7, 11) is 0. The lowest BCUT2D eigenvalue weighted by atomic mass is 10.1. The van der Waals surface area contributed by atoms with Crippen LogP contribution in [0.3, 0.4) is 0 Å². The molecule has 0 unspecified atom stereocenters. The number of benzene rings is 3. The number of halogens is 1. The molecule has 1 aromatic heterocycles. The molecule has 0 atom stereocenters. The Hall–Kier alpha value is -3.37. The monoisotopic (exact) mass is 402 g/mol. The minimum atomic E-state index is -0.142. The predicted octanol–water partition coefficient (Wildman–Crippen LogP) is 5.40. The largest absolute Gasteiger partial charge is 0.487 e. The highest BCUT2D eigenvalue weighted by Gasteiger charge is 2.08. The third-order valence-electron chi connectivity index (χ3n) is 4.55. The van der Waals surface area contributed by atoms with E-state index >= 15 is 0 Å². The number of hydrogen-bond donors (Lipinski definition) is 1. The van der Waals surface area contributed by atoms with Crippen LogP contribution in [0.1, 0.15) is 21.5 Å². The third kappa shape index (κ3) is 4.73. The van der Waals surface area contributed by atoms with Crippen molar-refractivity contribution in [3.05, 3.63) is 107 Å². The molecule has 4 rings (SSSR count). The lowest BCUT2D eigenvalue weighted by molar-refractivity contribution is 0.0951. The summed E-state index contributed by atoms with van der Waals surface area (Å²) in [5, 5.41) is 4.38. The van der Waals surface area contributed by atoms with Crippen LogP contribution in [0.5, 0.6) is 5.75 Å². The van der Waals surface area contributed by atoms with Crippen molar-refractivity contribution in [2.75, 3.05) is 0 Å². The van der Waals surface area contributed by atoms with Gasteiger partial charge in [-0.05, 0) is 47.5 Å². The molecule has 0 aliphatic heterocycles. The number of nitrogens with one attached hydrogen (secondary N) is 1. The van der Waals surface area contributed by atoms with Gasteiger partial charge in [0.2, 0.25) is 0 Å². The van der Waals surface area contributed by atoms with Crippen molar-refractivity contribution >= 4 is 28.4 Å². The van der Waals surface area contributed by atoms with Crippen LogP contribution >= 0.6 is 11.6 Å². The van der Waals surface area contributed by atoms with Crippen molar-refractivity contribution in [3.63, 3.8) is 0 Å². The number of hydrogen-bond acceptors (Lipinski definition) is 3. The van der Waals surface area contributed by atoms with E-state index in [4.69, 9.17) is 16.3 Å². The zero-order valence-corrected chi connectivity index (χ0v) is 16.4. The number of amides is 1. The molecule has 144 valence electrons. The molecule has 1 amide bonds. The van der Waals surface area contributed by atoms with Crippen LogP contribution in [-0.4, -0.2) is 10.9 Å². The Morgan fingerprint density at radius 2 is 1.79 bits per heavy atom. The molecule has 0 spiro atoms. The van der Waals surface area contributed by atoms with Gasteiger partial charge in [-0.25, -0.2) is 0 Å². The smallest absolute Gasteiger partial charge is 0.251 e. The molecule has 29 heavy (non-hydrogen) atoms. The number of aromatic nitrogens is 1. The molecule has 5 heteroatoms. The first-order valence-electron chi connectivity index (χ1n) is 9.27. The van der Waals surface area contributed by atoms with E-state index in [1.807, 2.05) is 72.8 Å². The quantitative estimate of drug-likeness (QED) is 0.470. The van der Waals surface area contributed by atoms with E-state index in [9.17, 15) is 4.79 Å². The molecular formula is C24H19ClN2O2. The van der Waals surface area contributed by atoms with Crippen LogP contribution in [-0.2, 0) is 13.2 Å². The highest BCUT2D eigenvalue weighted by molar-refractivity contribution is 6.32. The van der Waals surface area contributed by atoms with Gasteiger partial charge in [-0.15, -0.1) is 0 Å². The average molecular weight is 403 g/mol. The van der Waals surface area contributed by atoms with Gasteiger partial charge in [-0.2, -0.15) is 0 Å². The SMILES string of the molecule is O=C(NCc1ccc(OCc2ccccc2)c(Cl)c1)c1ccc2ncccc2c1. The first-order chi connectivity index (χ1) is 14.2. The summed E-state index contributed by atoms with van der Waals surface area (Å²) in [4.78, 5) is 16.8. The second kappa shape index (κ2) is 8.76. The molecule has 0 aliphatic carbocycles. The molecule has 1 heterocycles. The summed E-state index contributed by atoms with van der Waals surface area (Å²) in [6, 6.07) is 24.7. The minimum absolute atomic E-state index is 0.142. The van der Waals surface area contributed by atoms with Crippen LogP contribution in [0.4, 0.5) is 0 Å². The molecule has 0 fully saturated rings. The van der Waals surface area contributed by atoms with E-state index in [0.29, 0.717) is 29.5 Å². The summed E-state index contributed by atoms with van der Waals surface area (Å²) < 4.78 is 5.79. The molecule has 0 aliphatic rings. The second-order valence-electron chi connectivity index (χ2n) is 6.63. The van der Waals surface area contributed by atoms with E-state index in [-0.39, 0.29) is 5.91 Å². The molecule has 0 saturated carbocycles. The van der Waals surface area contributed by atoms with Crippen molar-refractivity contribution in [3.8, 4) is 5.75 Å². The van der Waals surface area contributed by atoms with Gasteiger partial charge in [-0.3, -0.25) is 9.78 Å². The lowest BCUT2D eigenvalue weighted by Gasteiger charge is -2.11. The molecule has 0 bridgehead atoms. The Morgan fingerprint density at radius 1 is 0.931 bits per heavy atom. The molecule has 0 radical (unpaired) electrons. The predicted molar refractivity (Wildman–Crippen MR) is 115 cm³/mol. The van der Waals surface area contributed by atoms with E-state index in [2.05, 4.69) is 10.3 Å². The number of carbonyl (C=O) groups excluding carboxylic acids is 1. The molecule has 0 saturated heterocycles. The summed E-state index contributed by atoms with van der Waals surface area (Å²) in [6.07, 6.45) is 1.74. The van der Waals surface area contributed by atoms with Crippen LogP contribution in [0, 0.1) is 0 Å². The molecular weight excluding hydrogens is 384 g/mol. The van der Waals surface area contributed by atoms with E-state index < -0.39 is 0 Å². The normalized spacial score (nSPS) is 10.7. The van der Waals surface area contributed by atoms with Crippen LogP contribution in [0.2, 0.25) is 5.02 Å². The van der Waals surface area contributed by atoms with Gasteiger partial charge in [0.25, 0.3) is 5.91 Å². The zero-order chi connectivity index (χ0) is 20.1. The summed E-state index contributed by atoms with van der Waals surface area (Å²) in [6.45, 7) is 0.829. The first kappa shape index (κ1) is 19.0. The Kier molecular flexibility index (Phi) is 5.73. The van der Waals surface area contributed by atoms with Gasteiger partial charge in [-0.1, -0.05) is 54.1 Å². The van der Waals surface area contributed by atoms with Gasteiger partial charge in [0.15, 0.2) is 0 Å². The van der Waals surface area contributed by atoms with Crippen molar-refractivity contribution in [2.24, 2.45) is 0 Å². The molecule has 3 aromatic carbocycles. The third-order valence-corrected chi connectivity index (χ3v) is 4.85. The molecule has 1 N–H and O–H groups in total. The maximum atomic E-state index is 12.5. The standard InChI is InChI=1S/C24H19ClN2O2/c25-21-13-18(8-11-23(21)29-16-17-5-2-1-3-6-17)15-27-24(28)20-9-10-22-19(14-20)7-4-12-26-22/h1-14H,15-16H2,(H,27,28). The number of nitrogens with zero attached hydrogens (tertiary/aromatic N) is 1. The topological polar surface area (TPSA) is 51.2 Å². The van der Waals surface area contributed by atoms with Crippen LogP contribution in [0.25, 0.3) is 10.9 Å².